The number of ether oxygens (including phenoxy) is 1. The normalized spacial score (nSPS) is 21.3. The average Bonchev–Trinajstić information content (AvgIpc) is 3.37. The second-order valence-electron chi connectivity index (χ2n) is 8.57. The van der Waals surface area contributed by atoms with Gasteiger partial charge in [-0.25, -0.2) is 13.2 Å². The van der Waals surface area contributed by atoms with Gasteiger partial charge < -0.3 is 15.0 Å². The second kappa shape index (κ2) is 8.62. The minimum absolute atomic E-state index is 0.0202. The molecule has 3 atom stereocenters. The molecule has 1 unspecified atom stereocenters. The Morgan fingerprint density at radius 3 is 2.48 bits per heavy atom. The van der Waals surface area contributed by atoms with Gasteiger partial charge in [-0.2, -0.15) is 0 Å². The van der Waals surface area contributed by atoms with E-state index in [2.05, 4.69) is 18.3 Å². The first-order valence-electron chi connectivity index (χ1n) is 10.7. The number of hydrogen-bond donors (Lipinski definition) is 1. The van der Waals surface area contributed by atoms with Gasteiger partial charge in [0, 0.05) is 24.3 Å². The lowest BCUT2D eigenvalue weighted by Gasteiger charge is -2.22. The maximum Gasteiger partial charge on any atom is 0.328 e. The van der Waals surface area contributed by atoms with Crippen LogP contribution in [0.5, 0.6) is 0 Å². The predicted octanol–water partition coefficient (Wildman–Crippen LogP) is 1.74. The van der Waals surface area contributed by atoms with Gasteiger partial charge in [-0.1, -0.05) is 37.3 Å². The zero-order valence-electron chi connectivity index (χ0n) is 18.7. The number of methoxy groups -OCH3 is 1. The number of esters is 1. The minimum atomic E-state index is -3.44. The van der Waals surface area contributed by atoms with Gasteiger partial charge in [0.15, 0.2) is 9.84 Å². The Morgan fingerprint density at radius 1 is 1.09 bits per heavy atom. The standard InChI is InChI=1S/C24H26N2O6S/c1-14-17-6-4-5-7-19(17)20-10-15(8-9-18(14)20)23(28)25-12-22(27)26-13-16(33(3,30)31)11-21(26)24(29)32-2/h4-10,14,16,21H,11-13H2,1-3H3,(H,25,28)/t14?,16-,21+/m1/s1. The molecular formula is C24H26N2O6S. The van der Waals surface area contributed by atoms with Gasteiger partial charge in [0.05, 0.1) is 18.9 Å². The van der Waals surface area contributed by atoms with Crippen LogP contribution in [0.2, 0.25) is 0 Å². The zero-order chi connectivity index (χ0) is 23.9. The Kier molecular flexibility index (Phi) is 6.00. The molecule has 1 N–H and O–H groups in total. The Bertz CT molecular complexity index is 1240. The molecule has 1 heterocycles. The van der Waals surface area contributed by atoms with Crippen molar-refractivity contribution in [3.8, 4) is 11.1 Å². The number of carbonyl (C=O) groups excluding carboxylic acids is 3. The Balaban J connectivity index is 1.47. The Labute approximate surface area is 192 Å². The fourth-order valence-corrected chi connectivity index (χ4v) is 5.66. The molecule has 1 fully saturated rings. The monoisotopic (exact) mass is 470 g/mol. The lowest BCUT2D eigenvalue weighted by molar-refractivity contribution is -0.150. The van der Waals surface area contributed by atoms with E-state index in [0.29, 0.717) is 5.56 Å². The van der Waals surface area contributed by atoms with Gasteiger partial charge in [0.1, 0.15) is 6.04 Å². The molecule has 4 rings (SSSR count). The summed E-state index contributed by atoms with van der Waals surface area (Å²) in [6, 6.07) is 12.6. The van der Waals surface area contributed by atoms with Crippen LogP contribution >= 0.6 is 0 Å². The van der Waals surface area contributed by atoms with Crippen LogP contribution in [0.4, 0.5) is 0 Å². The third-order valence-corrected chi connectivity index (χ3v) is 8.11. The van der Waals surface area contributed by atoms with E-state index in [1.807, 2.05) is 30.3 Å². The highest BCUT2D eigenvalue weighted by molar-refractivity contribution is 7.91. The molecule has 0 radical (unpaired) electrons. The second-order valence-corrected chi connectivity index (χ2v) is 10.9. The fourth-order valence-electron chi connectivity index (χ4n) is 4.70. The molecule has 1 saturated heterocycles. The number of benzene rings is 2. The summed E-state index contributed by atoms with van der Waals surface area (Å²) in [5.74, 6) is -1.39. The van der Waals surface area contributed by atoms with Gasteiger partial charge in [-0.15, -0.1) is 0 Å². The number of nitrogens with zero attached hydrogens (tertiary/aromatic N) is 1. The molecule has 33 heavy (non-hydrogen) atoms. The van der Waals surface area contributed by atoms with Gasteiger partial charge >= 0.3 is 5.97 Å². The maximum atomic E-state index is 12.8. The topological polar surface area (TPSA) is 110 Å². The molecular weight excluding hydrogens is 444 g/mol. The van der Waals surface area contributed by atoms with E-state index in [1.165, 1.54) is 17.6 Å². The molecule has 9 heteroatoms. The third kappa shape index (κ3) is 4.25. The first-order chi connectivity index (χ1) is 15.6. The summed E-state index contributed by atoms with van der Waals surface area (Å²) < 4.78 is 28.6. The largest absolute Gasteiger partial charge is 0.467 e. The first-order valence-corrected chi connectivity index (χ1v) is 12.6. The van der Waals surface area contributed by atoms with E-state index < -0.39 is 38.9 Å². The molecule has 2 aromatic rings. The number of hydrogen-bond acceptors (Lipinski definition) is 6. The summed E-state index contributed by atoms with van der Waals surface area (Å²) >= 11 is 0. The van der Waals surface area contributed by atoms with Gasteiger partial charge in [-0.05, 0) is 40.8 Å². The Hall–Kier alpha value is -3.20. The van der Waals surface area contributed by atoms with Crippen LogP contribution in [0.3, 0.4) is 0 Å². The Morgan fingerprint density at radius 2 is 1.79 bits per heavy atom. The smallest absolute Gasteiger partial charge is 0.328 e. The highest BCUT2D eigenvalue weighted by Crippen LogP contribution is 2.44. The molecule has 0 bridgehead atoms. The van der Waals surface area contributed by atoms with E-state index in [9.17, 15) is 22.8 Å². The van der Waals surface area contributed by atoms with Crippen molar-refractivity contribution >= 4 is 27.6 Å². The first kappa shape index (κ1) is 23.0. The maximum absolute atomic E-state index is 12.8. The van der Waals surface area contributed by atoms with Gasteiger partial charge in [0.25, 0.3) is 5.91 Å². The molecule has 2 amide bonds. The van der Waals surface area contributed by atoms with Crippen molar-refractivity contribution in [2.45, 2.75) is 30.6 Å². The number of fused-ring (bicyclic) bond motifs is 3. The summed E-state index contributed by atoms with van der Waals surface area (Å²) in [5.41, 5.74) is 4.87. The van der Waals surface area contributed by atoms with E-state index in [-0.39, 0.29) is 25.4 Å². The van der Waals surface area contributed by atoms with Crippen LogP contribution in [0.25, 0.3) is 11.1 Å². The SMILES string of the molecule is COC(=O)[C@@H]1C[C@@H](S(C)(=O)=O)CN1C(=O)CNC(=O)c1ccc2c(c1)-c1ccccc1C2C. The lowest BCUT2D eigenvalue weighted by atomic mass is 9.98. The number of sulfone groups is 1. The van der Waals surface area contributed by atoms with Crippen LogP contribution in [0.1, 0.15) is 40.7 Å². The van der Waals surface area contributed by atoms with Crippen molar-refractivity contribution in [2.75, 3.05) is 26.5 Å². The van der Waals surface area contributed by atoms with Crippen LogP contribution in [-0.4, -0.2) is 68.8 Å². The van der Waals surface area contributed by atoms with E-state index in [0.717, 1.165) is 22.9 Å². The molecule has 174 valence electrons. The number of likely N-dealkylation sites (tertiary alicyclic amines) is 1. The average molecular weight is 471 g/mol. The van der Waals surface area contributed by atoms with Crippen LogP contribution in [0.15, 0.2) is 42.5 Å². The summed E-state index contributed by atoms with van der Waals surface area (Å²) in [5, 5.41) is 1.75. The molecule has 0 aromatic heterocycles. The van der Waals surface area contributed by atoms with E-state index in [1.54, 1.807) is 6.07 Å². The molecule has 0 saturated carbocycles. The minimum Gasteiger partial charge on any atom is -0.467 e. The van der Waals surface area contributed by atoms with Crippen molar-refractivity contribution in [3.63, 3.8) is 0 Å². The molecule has 1 aliphatic carbocycles. The van der Waals surface area contributed by atoms with E-state index in [4.69, 9.17) is 4.74 Å². The number of rotatable bonds is 5. The molecule has 0 spiro atoms. The fraction of sp³-hybridized carbons (Fsp3) is 0.375. The summed E-state index contributed by atoms with van der Waals surface area (Å²) in [4.78, 5) is 38.8. The quantitative estimate of drug-likeness (QED) is 0.667. The van der Waals surface area contributed by atoms with Gasteiger partial charge in [-0.3, -0.25) is 9.59 Å². The third-order valence-electron chi connectivity index (χ3n) is 6.56. The van der Waals surface area contributed by atoms with Crippen molar-refractivity contribution in [2.24, 2.45) is 0 Å². The van der Waals surface area contributed by atoms with Crippen molar-refractivity contribution in [1.82, 2.24) is 10.2 Å². The summed E-state index contributed by atoms with van der Waals surface area (Å²) in [7, 11) is -2.25. The number of nitrogens with one attached hydrogen (secondary N) is 1. The molecule has 8 nitrogen and oxygen atoms in total. The molecule has 2 aromatic carbocycles. The van der Waals surface area contributed by atoms with Crippen LogP contribution < -0.4 is 5.32 Å². The number of amides is 2. The van der Waals surface area contributed by atoms with Crippen LogP contribution in [-0.2, 0) is 24.2 Å². The lowest BCUT2D eigenvalue weighted by Crippen LogP contribution is -2.46. The van der Waals surface area contributed by atoms with Crippen molar-refractivity contribution < 1.29 is 27.5 Å². The van der Waals surface area contributed by atoms with E-state index >= 15 is 0 Å². The van der Waals surface area contributed by atoms with Gasteiger partial charge in [0.2, 0.25) is 5.91 Å². The zero-order valence-corrected chi connectivity index (χ0v) is 19.5. The summed E-state index contributed by atoms with van der Waals surface area (Å²) in [6.45, 7) is 1.66. The summed E-state index contributed by atoms with van der Waals surface area (Å²) in [6.07, 6.45) is 1.06. The number of carbonyl (C=O) groups is 3. The molecule has 1 aliphatic heterocycles. The predicted molar refractivity (Wildman–Crippen MR) is 122 cm³/mol. The van der Waals surface area contributed by atoms with Crippen LogP contribution in [0, 0.1) is 0 Å². The molecule has 2 aliphatic rings. The highest BCUT2D eigenvalue weighted by atomic mass is 32.2. The van der Waals surface area contributed by atoms with Crippen molar-refractivity contribution in [3.05, 3.63) is 59.2 Å². The highest BCUT2D eigenvalue weighted by Gasteiger charge is 2.44. The van der Waals surface area contributed by atoms with Crippen molar-refractivity contribution in [1.29, 1.82) is 0 Å².